The number of ether oxygens (including phenoxy) is 1. The van der Waals surface area contributed by atoms with Crippen LogP contribution >= 0.6 is 0 Å². The Kier molecular flexibility index (Phi) is 6.52. The first-order chi connectivity index (χ1) is 10.3. The summed E-state index contributed by atoms with van der Waals surface area (Å²) in [6.45, 7) is 8.46. The molecule has 21 heavy (non-hydrogen) atoms. The summed E-state index contributed by atoms with van der Waals surface area (Å²) in [5.74, 6) is 1.70. The lowest BCUT2D eigenvalue weighted by molar-refractivity contribution is 0.119. The summed E-state index contributed by atoms with van der Waals surface area (Å²) in [4.78, 5) is 2.50. The molecule has 0 aliphatic carbocycles. The molecule has 2 atom stereocenters. The van der Waals surface area contributed by atoms with Gasteiger partial charge in [-0.05, 0) is 69.6 Å². The number of likely N-dealkylation sites (tertiary alicyclic amines) is 1. The third kappa shape index (κ3) is 4.45. The summed E-state index contributed by atoms with van der Waals surface area (Å²) in [6.07, 6.45) is 3.66. The van der Waals surface area contributed by atoms with Crippen LogP contribution in [0.4, 0.5) is 0 Å². The quantitative estimate of drug-likeness (QED) is 0.832. The molecule has 1 heterocycles. The molecule has 0 bridgehead atoms. The van der Waals surface area contributed by atoms with Crippen molar-refractivity contribution in [3.8, 4) is 5.75 Å². The van der Waals surface area contributed by atoms with E-state index in [0.717, 1.165) is 31.9 Å². The molecule has 0 saturated carbocycles. The molecule has 0 spiro atoms. The second-order valence-electron chi connectivity index (χ2n) is 6.06. The maximum atomic E-state index is 5.80. The highest BCUT2D eigenvalue weighted by molar-refractivity contribution is 5.31. The molecule has 1 aromatic rings. The predicted molar refractivity (Wildman–Crippen MR) is 88.9 cm³/mol. The second kappa shape index (κ2) is 8.40. The molecule has 2 unspecified atom stereocenters. The van der Waals surface area contributed by atoms with Crippen molar-refractivity contribution in [2.45, 2.75) is 39.2 Å². The summed E-state index contributed by atoms with van der Waals surface area (Å²) in [6, 6.07) is 9.20. The van der Waals surface area contributed by atoms with E-state index in [0.29, 0.717) is 12.0 Å². The van der Waals surface area contributed by atoms with Gasteiger partial charge in [0, 0.05) is 6.04 Å². The van der Waals surface area contributed by atoms with Crippen LogP contribution in [-0.4, -0.2) is 38.2 Å². The fraction of sp³-hybridized carbons (Fsp3) is 0.667. The highest BCUT2D eigenvalue weighted by Crippen LogP contribution is 2.35. The van der Waals surface area contributed by atoms with E-state index >= 15 is 0 Å². The van der Waals surface area contributed by atoms with Crippen LogP contribution in [0.15, 0.2) is 24.3 Å². The highest BCUT2D eigenvalue weighted by atomic mass is 16.5. The van der Waals surface area contributed by atoms with Crippen LogP contribution in [0.2, 0.25) is 0 Å². The Morgan fingerprint density at radius 3 is 2.95 bits per heavy atom. The van der Waals surface area contributed by atoms with Gasteiger partial charge in [-0.1, -0.05) is 26.0 Å². The monoisotopic (exact) mass is 290 g/mol. The van der Waals surface area contributed by atoms with E-state index < -0.39 is 0 Å². The second-order valence-corrected chi connectivity index (χ2v) is 6.06. The number of rotatable bonds is 7. The van der Waals surface area contributed by atoms with E-state index in [1.807, 2.05) is 0 Å². The molecule has 0 radical (unpaired) electrons. The Labute approximate surface area is 129 Å². The zero-order chi connectivity index (χ0) is 15.1. The van der Waals surface area contributed by atoms with Crippen LogP contribution in [-0.2, 0) is 0 Å². The molecule has 3 heteroatoms. The standard InChI is InChI=1S/C18H30N2O/c1-4-12-21-17-10-6-8-15(13-17)18-16(14-19-5-2)9-7-11-20(18)3/h6,8,10,13,16,18-19H,4-5,7,9,11-12,14H2,1-3H3. The fourth-order valence-electron chi connectivity index (χ4n) is 3.34. The zero-order valence-electron chi connectivity index (χ0n) is 13.8. The van der Waals surface area contributed by atoms with E-state index in [1.165, 1.54) is 24.9 Å². The van der Waals surface area contributed by atoms with Crippen molar-refractivity contribution in [3.05, 3.63) is 29.8 Å². The molecule has 3 nitrogen and oxygen atoms in total. The van der Waals surface area contributed by atoms with Gasteiger partial charge >= 0.3 is 0 Å². The molecule has 0 aromatic heterocycles. The number of hydrogen-bond acceptors (Lipinski definition) is 3. The molecule has 1 aliphatic rings. The first-order valence-electron chi connectivity index (χ1n) is 8.40. The smallest absolute Gasteiger partial charge is 0.119 e. The fourth-order valence-corrected chi connectivity index (χ4v) is 3.34. The molecule has 118 valence electrons. The largest absolute Gasteiger partial charge is 0.494 e. The van der Waals surface area contributed by atoms with Gasteiger partial charge in [0.05, 0.1) is 6.61 Å². The van der Waals surface area contributed by atoms with Crippen molar-refractivity contribution in [1.29, 1.82) is 0 Å². The number of benzene rings is 1. The van der Waals surface area contributed by atoms with Gasteiger partial charge in [-0.3, -0.25) is 4.90 Å². The first-order valence-corrected chi connectivity index (χ1v) is 8.40. The molecular weight excluding hydrogens is 260 g/mol. The van der Waals surface area contributed by atoms with Gasteiger partial charge in [0.1, 0.15) is 5.75 Å². The Balaban J connectivity index is 2.14. The minimum absolute atomic E-state index is 0.503. The van der Waals surface area contributed by atoms with Gasteiger partial charge in [-0.15, -0.1) is 0 Å². The van der Waals surface area contributed by atoms with Gasteiger partial charge in [0.2, 0.25) is 0 Å². The minimum Gasteiger partial charge on any atom is -0.494 e. The van der Waals surface area contributed by atoms with Crippen molar-refractivity contribution in [3.63, 3.8) is 0 Å². The third-order valence-electron chi connectivity index (χ3n) is 4.34. The number of piperidine rings is 1. The summed E-state index contributed by atoms with van der Waals surface area (Å²) in [5.41, 5.74) is 1.40. The SMILES string of the molecule is CCCOc1cccc(C2C(CNCC)CCCN2C)c1. The third-order valence-corrected chi connectivity index (χ3v) is 4.34. The van der Waals surface area contributed by atoms with Crippen LogP contribution in [0.25, 0.3) is 0 Å². The average molecular weight is 290 g/mol. The Morgan fingerprint density at radius 2 is 2.19 bits per heavy atom. The Morgan fingerprint density at radius 1 is 1.33 bits per heavy atom. The van der Waals surface area contributed by atoms with Gasteiger partial charge < -0.3 is 10.1 Å². The van der Waals surface area contributed by atoms with E-state index in [9.17, 15) is 0 Å². The molecule has 1 N–H and O–H groups in total. The molecule has 1 aromatic carbocycles. The van der Waals surface area contributed by atoms with Crippen molar-refractivity contribution in [1.82, 2.24) is 10.2 Å². The maximum Gasteiger partial charge on any atom is 0.119 e. The van der Waals surface area contributed by atoms with Crippen LogP contribution in [0.3, 0.4) is 0 Å². The van der Waals surface area contributed by atoms with Gasteiger partial charge in [0.15, 0.2) is 0 Å². The molecule has 1 fully saturated rings. The van der Waals surface area contributed by atoms with E-state index in [1.54, 1.807) is 0 Å². The molecular formula is C18H30N2O. The van der Waals surface area contributed by atoms with Gasteiger partial charge in [-0.2, -0.15) is 0 Å². The van der Waals surface area contributed by atoms with Crippen LogP contribution < -0.4 is 10.1 Å². The molecule has 2 rings (SSSR count). The Bertz CT molecular complexity index is 421. The van der Waals surface area contributed by atoms with Crippen molar-refractivity contribution in [2.75, 3.05) is 33.3 Å². The summed E-state index contributed by atoms with van der Waals surface area (Å²) in [5, 5.41) is 3.53. The van der Waals surface area contributed by atoms with Crippen LogP contribution in [0, 0.1) is 5.92 Å². The van der Waals surface area contributed by atoms with E-state index in [-0.39, 0.29) is 0 Å². The van der Waals surface area contributed by atoms with Crippen LogP contribution in [0.1, 0.15) is 44.7 Å². The summed E-state index contributed by atoms with van der Waals surface area (Å²) >= 11 is 0. The molecule has 0 amide bonds. The summed E-state index contributed by atoms with van der Waals surface area (Å²) in [7, 11) is 2.25. The highest BCUT2D eigenvalue weighted by Gasteiger charge is 2.30. The van der Waals surface area contributed by atoms with Crippen molar-refractivity contribution >= 4 is 0 Å². The lowest BCUT2D eigenvalue weighted by Gasteiger charge is -2.40. The summed E-state index contributed by atoms with van der Waals surface area (Å²) < 4.78 is 5.80. The van der Waals surface area contributed by atoms with Crippen molar-refractivity contribution < 1.29 is 4.74 Å². The van der Waals surface area contributed by atoms with Crippen molar-refractivity contribution in [2.24, 2.45) is 5.92 Å². The topological polar surface area (TPSA) is 24.5 Å². The molecule has 1 aliphatic heterocycles. The number of nitrogens with zero attached hydrogens (tertiary/aromatic N) is 1. The molecule has 1 saturated heterocycles. The van der Waals surface area contributed by atoms with Gasteiger partial charge in [0.25, 0.3) is 0 Å². The zero-order valence-corrected chi connectivity index (χ0v) is 13.8. The van der Waals surface area contributed by atoms with E-state index in [2.05, 4.69) is 55.4 Å². The average Bonchev–Trinajstić information content (AvgIpc) is 2.51. The Hall–Kier alpha value is -1.06. The van der Waals surface area contributed by atoms with E-state index in [4.69, 9.17) is 4.74 Å². The lowest BCUT2D eigenvalue weighted by Crippen LogP contribution is -2.40. The minimum atomic E-state index is 0.503. The predicted octanol–water partition coefficient (Wildman–Crippen LogP) is 3.47. The van der Waals surface area contributed by atoms with Gasteiger partial charge in [-0.25, -0.2) is 0 Å². The lowest BCUT2D eigenvalue weighted by atomic mass is 9.85. The normalized spacial score (nSPS) is 23.2. The number of nitrogens with one attached hydrogen (secondary N) is 1. The number of hydrogen-bond donors (Lipinski definition) is 1. The van der Waals surface area contributed by atoms with Crippen LogP contribution in [0.5, 0.6) is 5.75 Å². The first kappa shape index (κ1) is 16.3. The maximum absolute atomic E-state index is 5.80.